The number of halogens is 2. The van der Waals surface area contributed by atoms with Crippen molar-refractivity contribution in [3.05, 3.63) is 59.8 Å². The van der Waals surface area contributed by atoms with Crippen molar-refractivity contribution in [2.75, 3.05) is 5.32 Å². The molecule has 2 N–H and O–H groups in total. The van der Waals surface area contributed by atoms with Gasteiger partial charge in [0.05, 0.1) is 35.8 Å². The molecule has 30 heavy (non-hydrogen) atoms. The van der Waals surface area contributed by atoms with Crippen LogP contribution >= 0.6 is 0 Å². The van der Waals surface area contributed by atoms with Crippen molar-refractivity contribution in [1.29, 1.82) is 0 Å². The predicted octanol–water partition coefficient (Wildman–Crippen LogP) is 4.27. The number of hydrogen-bond donors (Lipinski definition) is 2. The number of H-pyrrole nitrogens is 1. The number of nitrogens with one attached hydrogen (secondary N) is 2. The van der Waals surface area contributed by atoms with Gasteiger partial charge in [0.15, 0.2) is 0 Å². The van der Waals surface area contributed by atoms with Crippen LogP contribution in [-0.4, -0.2) is 36.5 Å². The highest BCUT2D eigenvalue weighted by Gasteiger charge is 2.20. The van der Waals surface area contributed by atoms with E-state index in [-0.39, 0.29) is 12.1 Å². The van der Waals surface area contributed by atoms with Crippen LogP contribution in [0.1, 0.15) is 29.8 Å². The number of benzene rings is 1. The fourth-order valence-electron chi connectivity index (χ4n) is 3.10. The number of aromatic nitrogens is 5. The third-order valence-corrected chi connectivity index (χ3v) is 4.63. The van der Waals surface area contributed by atoms with Crippen LogP contribution in [0.15, 0.2) is 42.9 Å². The first kappa shape index (κ1) is 19.7. The lowest BCUT2D eigenvalue weighted by Crippen LogP contribution is -2.21. The fraction of sp³-hybridized carbons (Fsp3) is 0.238. The molecule has 0 aliphatic carbocycles. The summed E-state index contributed by atoms with van der Waals surface area (Å²) in [6, 6.07) is 6.04. The van der Waals surface area contributed by atoms with Gasteiger partial charge >= 0.3 is 0 Å². The maximum Gasteiger partial charge on any atom is 0.255 e. The lowest BCUT2D eigenvalue weighted by atomic mass is 10.1. The Morgan fingerprint density at radius 2 is 2.03 bits per heavy atom. The molecular weight excluding hydrogens is 390 g/mol. The van der Waals surface area contributed by atoms with Crippen LogP contribution in [0.3, 0.4) is 0 Å². The summed E-state index contributed by atoms with van der Waals surface area (Å²) in [4.78, 5) is 16.9. The zero-order valence-corrected chi connectivity index (χ0v) is 16.7. The molecule has 3 heterocycles. The van der Waals surface area contributed by atoms with Gasteiger partial charge in [0, 0.05) is 17.1 Å². The maximum atomic E-state index is 14.1. The van der Waals surface area contributed by atoms with E-state index in [4.69, 9.17) is 0 Å². The average Bonchev–Trinajstić information content (AvgIpc) is 3.29. The summed E-state index contributed by atoms with van der Waals surface area (Å²) in [6.45, 7) is 4.69. The van der Waals surface area contributed by atoms with E-state index in [0.29, 0.717) is 28.2 Å². The van der Waals surface area contributed by atoms with Gasteiger partial charge in [-0.1, -0.05) is 6.07 Å². The Hall–Kier alpha value is -3.62. The van der Waals surface area contributed by atoms with Gasteiger partial charge in [-0.3, -0.25) is 19.6 Å². The summed E-state index contributed by atoms with van der Waals surface area (Å²) in [5, 5.41) is 14.5. The van der Waals surface area contributed by atoms with Gasteiger partial charge in [0.25, 0.3) is 5.91 Å². The van der Waals surface area contributed by atoms with Crippen molar-refractivity contribution in [1.82, 2.24) is 25.0 Å². The molecule has 0 aliphatic rings. The van der Waals surface area contributed by atoms with E-state index in [1.165, 1.54) is 26.1 Å². The molecule has 9 heteroatoms. The molecule has 0 saturated heterocycles. The number of amides is 1. The predicted molar refractivity (Wildman–Crippen MR) is 109 cm³/mol. The number of hydrogen-bond acceptors (Lipinski definition) is 4. The van der Waals surface area contributed by atoms with Crippen molar-refractivity contribution in [2.45, 2.75) is 33.0 Å². The summed E-state index contributed by atoms with van der Waals surface area (Å²) in [7, 11) is 0. The van der Waals surface area contributed by atoms with E-state index in [2.05, 4.69) is 25.6 Å². The summed E-state index contributed by atoms with van der Waals surface area (Å²) >= 11 is 0. The number of nitrogens with zero attached hydrogens (tertiary/aromatic N) is 4. The second kappa shape index (κ2) is 7.33. The topological polar surface area (TPSA) is 88.5 Å². The molecule has 0 unspecified atom stereocenters. The molecule has 0 spiro atoms. The molecule has 0 atom stereocenters. The van der Waals surface area contributed by atoms with E-state index < -0.39 is 17.4 Å². The number of aromatic amines is 1. The maximum absolute atomic E-state index is 14.1. The highest BCUT2D eigenvalue weighted by molar-refractivity contribution is 6.06. The number of fused-ring (bicyclic) bond motifs is 1. The third kappa shape index (κ3) is 3.91. The minimum Gasteiger partial charge on any atom is -0.319 e. The van der Waals surface area contributed by atoms with Gasteiger partial charge in [0.2, 0.25) is 0 Å². The lowest BCUT2D eigenvalue weighted by Gasteiger charge is -2.14. The van der Waals surface area contributed by atoms with E-state index >= 15 is 0 Å². The average molecular weight is 410 g/mol. The quantitative estimate of drug-likeness (QED) is 0.514. The first-order valence-electron chi connectivity index (χ1n) is 9.33. The van der Waals surface area contributed by atoms with Crippen LogP contribution in [0, 0.1) is 12.7 Å². The van der Waals surface area contributed by atoms with E-state index in [0.717, 1.165) is 5.39 Å². The highest BCUT2D eigenvalue weighted by Crippen LogP contribution is 2.27. The molecule has 3 aromatic heterocycles. The molecule has 0 fully saturated rings. The van der Waals surface area contributed by atoms with Crippen molar-refractivity contribution >= 4 is 22.5 Å². The molecule has 4 rings (SSSR count). The minimum atomic E-state index is -1.43. The van der Waals surface area contributed by atoms with Gasteiger partial charge in [-0.2, -0.15) is 10.2 Å². The van der Waals surface area contributed by atoms with Crippen molar-refractivity contribution < 1.29 is 13.6 Å². The first-order chi connectivity index (χ1) is 14.2. The summed E-state index contributed by atoms with van der Waals surface area (Å²) in [6.07, 6.45) is 4.70. The van der Waals surface area contributed by atoms with Gasteiger partial charge < -0.3 is 5.32 Å². The van der Waals surface area contributed by atoms with Gasteiger partial charge in [0.1, 0.15) is 17.2 Å². The van der Waals surface area contributed by atoms with Gasteiger partial charge in [-0.05, 0) is 44.5 Å². The zero-order chi connectivity index (χ0) is 21.5. The SMILES string of the molecule is Cc1ccc(C(=O)Nc2cn[nH]c2-c2cc3c(cn2)cnn3CC(C)(C)F)cc1F. The zero-order valence-electron chi connectivity index (χ0n) is 16.7. The Kier molecular flexibility index (Phi) is 4.81. The van der Waals surface area contributed by atoms with Gasteiger partial charge in [-0.25, -0.2) is 8.78 Å². The Morgan fingerprint density at radius 1 is 1.23 bits per heavy atom. The Balaban J connectivity index is 1.65. The van der Waals surface area contributed by atoms with Crippen molar-refractivity contribution in [3.8, 4) is 11.4 Å². The van der Waals surface area contributed by atoms with Crippen molar-refractivity contribution in [2.24, 2.45) is 0 Å². The second-order valence-electron chi connectivity index (χ2n) is 7.73. The van der Waals surface area contributed by atoms with E-state index in [9.17, 15) is 13.6 Å². The van der Waals surface area contributed by atoms with Gasteiger partial charge in [-0.15, -0.1) is 0 Å². The molecule has 1 aromatic carbocycles. The molecule has 0 radical (unpaired) electrons. The third-order valence-electron chi connectivity index (χ3n) is 4.63. The summed E-state index contributed by atoms with van der Waals surface area (Å²) < 4.78 is 29.5. The Labute approximate surface area is 171 Å². The number of alkyl halides is 1. The summed E-state index contributed by atoms with van der Waals surface area (Å²) in [5.41, 5.74) is 1.30. The highest BCUT2D eigenvalue weighted by atomic mass is 19.1. The summed E-state index contributed by atoms with van der Waals surface area (Å²) in [5.74, 6) is -0.923. The molecule has 7 nitrogen and oxygen atoms in total. The molecule has 0 bridgehead atoms. The lowest BCUT2D eigenvalue weighted by molar-refractivity contribution is 0.102. The van der Waals surface area contributed by atoms with Crippen LogP contribution in [0.5, 0.6) is 0 Å². The molecule has 154 valence electrons. The fourth-order valence-corrected chi connectivity index (χ4v) is 3.10. The van der Waals surface area contributed by atoms with Crippen molar-refractivity contribution in [3.63, 3.8) is 0 Å². The Bertz CT molecular complexity index is 1240. The van der Waals surface area contributed by atoms with E-state index in [1.807, 2.05) is 0 Å². The number of aryl methyl sites for hydroxylation is 1. The number of carbonyl (C=O) groups is 1. The number of anilines is 1. The standard InChI is InChI=1S/C21H20F2N6O/c1-12-4-5-13(6-15(12)22)20(30)27-17-10-25-28-19(17)16-7-18-14(8-24-16)9-26-29(18)11-21(2,3)23/h4-10H,11H2,1-3H3,(H,25,28)(H,27,30). The molecule has 0 aliphatic heterocycles. The number of rotatable bonds is 5. The van der Waals surface area contributed by atoms with Crippen LogP contribution in [0.2, 0.25) is 0 Å². The van der Waals surface area contributed by atoms with E-state index in [1.54, 1.807) is 42.2 Å². The van der Waals surface area contributed by atoms with Crippen LogP contribution in [-0.2, 0) is 6.54 Å². The second-order valence-corrected chi connectivity index (χ2v) is 7.73. The Morgan fingerprint density at radius 3 is 2.77 bits per heavy atom. The minimum absolute atomic E-state index is 0.0888. The van der Waals surface area contributed by atoms with Crippen LogP contribution in [0.25, 0.3) is 22.3 Å². The molecule has 0 saturated carbocycles. The monoisotopic (exact) mass is 410 g/mol. The number of pyridine rings is 1. The smallest absolute Gasteiger partial charge is 0.255 e. The van der Waals surface area contributed by atoms with Crippen LogP contribution < -0.4 is 5.32 Å². The van der Waals surface area contributed by atoms with Crippen LogP contribution in [0.4, 0.5) is 14.5 Å². The molecule has 4 aromatic rings. The molecule has 1 amide bonds. The first-order valence-corrected chi connectivity index (χ1v) is 9.33. The number of carbonyl (C=O) groups excluding carboxylic acids is 1. The molecular formula is C21H20F2N6O. The largest absolute Gasteiger partial charge is 0.319 e. The normalized spacial score (nSPS) is 11.8.